The first-order valence-corrected chi connectivity index (χ1v) is 12.6. The normalized spacial score (nSPS) is 14.2. The molecule has 0 saturated carbocycles. The van der Waals surface area contributed by atoms with E-state index >= 15 is 0 Å². The van der Waals surface area contributed by atoms with Gasteiger partial charge in [0.15, 0.2) is 0 Å². The number of aliphatic hydroxyl groups excluding tert-OH is 1. The molecule has 6 heteroatoms. The first-order valence-electron chi connectivity index (χ1n) is 12.3. The third-order valence-corrected chi connectivity index (χ3v) is 6.50. The molecule has 2 atom stereocenters. The number of rotatable bonds is 11. The molecule has 0 spiro atoms. The van der Waals surface area contributed by atoms with E-state index in [0.717, 1.165) is 27.7 Å². The van der Waals surface area contributed by atoms with Crippen LogP contribution in [0.1, 0.15) is 47.4 Å². The van der Waals surface area contributed by atoms with Crippen molar-refractivity contribution in [3.8, 4) is 0 Å². The summed E-state index contributed by atoms with van der Waals surface area (Å²) in [6.45, 7) is 1.85. The van der Waals surface area contributed by atoms with Crippen molar-refractivity contribution in [2.45, 2.75) is 31.5 Å². The fraction of sp³-hybridized carbons (Fsp3) is 0.258. The second kappa shape index (κ2) is 12.5. The van der Waals surface area contributed by atoms with Crippen molar-refractivity contribution >= 4 is 34.7 Å². The first kappa shape index (κ1) is 27.0. The Morgan fingerprint density at radius 2 is 1.81 bits per heavy atom. The van der Waals surface area contributed by atoms with Crippen LogP contribution in [0.5, 0.6) is 0 Å². The minimum Gasteiger partial charge on any atom is -0.388 e. The molecular formula is C31H32ClNO4. The van der Waals surface area contributed by atoms with E-state index in [1.54, 1.807) is 6.92 Å². The van der Waals surface area contributed by atoms with Gasteiger partial charge in [-0.1, -0.05) is 78.3 Å². The zero-order valence-electron chi connectivity index (χ0n) is 21.1. The van der Waals surface area contributed by atoms with E-state index in [-0.39, 0.29) is 13.4 Å². The zero-order chi connectivity index (χ0) is 26.3. The van der Waals surface area contributed by atoms with E-state index in [0.29, 0.717) is 29.0 Å². The second-order valence-electron chi connectivity index (χ2n) is 9.32. The number of pyridine rings is 1. The van der Waals surface area contributed by atoms with Crippen LogP contribution in [0.15, 0.2) is 78.9 Å². The summed E-state index contributed by atoms with van der Waals surface area (Å²) >= 11 is 6.11. The monoisotopic (exact) mass is 517 g/mol. The Bertz CT molecular complexity index is 1370. The molecule has 0 bridgehead atoms. The van der Waals surface area contributed by atoms with Gasteiger partial charge in [-0.3, -0.25) is 0 Å². The molecule has 0 saturated heterocycles. The average molecular weight is 518 g/mol. The number of benzene rings is 3. The van der Waals surface area contributed by atoms with Crippen LogP contribution in [0.3, 0.4) is 0 Å². The summed E-state index contributed by atoms with van der Waals surface area (Å²) in [5.74, 6) is 0. The van der Waals surface area contributed by atoms with E-state index in [4.69, 9.17) is 21.1 Å². The van der Waals surface area contributed by atoms with Crippen molar-refractivity contribution in [1.82, 2.24) is 4.98 Å². The third kappa shape index (κ3) is 7.25. The van der Waals surface area contributed by atoms with Gasteiger partial charge in [-0.2, -0.15) is 0 Å². The minimum atomic E-state index is -1.25. The Balaban J connectivity index is 1.43. The quantitative estimate of drug-likeness (QED) is 0.174. The SMILES string of the molecule is COCOC[C@@](C)(O)c1ccccc1C(O)CCc1cccc(/C=C/c2ccc3ccc(Cl)cc3n2)c1. The van der Waals surface area contributed by atoms with Crippen molar-refractivity contribution in [1.29, 1.82) is 0 Å². The number of fused-ring (bicyclic) bond motifs is 1. The van der Waals surface area contributed by atoms with Gasteiger partial charge in [0.05, 0.1) is 23.9 Å². The Morgan fingerprint density at radius 3 is 2.65 bits per heavy atom. The molecule has 2 N–H and O–H groups in total. The van der Waals surface area contributed by atoms with Gasteiger partial charge < -0.3 is 19.7 Å². The van der Waals surface area contributed by atoms with Crippen LogP contribution in [0.25, 0.3) is 23.1 Å². The fourth-order valence-electron chi connectivity index (χ4n) is 4.37. The van der Waals surface area contributed by atoms with E-state index in [1.165, 1.54) is 7.11 Å². The van der Waals surface area contributed by atoms with Crippen LogP contribution in [0.2, 0.25) is 5.02 Å². The molecule has 37 heavy (non-hydrogen) atoms. The van der Waals surface area contributed by atoms with E-state index in [9.17, 15) is 10.2 Å². The maximum Gasteiger partial charge on any atom is 0.146 e. The van der Waals surface area contributed by atoms with Crippen LogP contribution < -0.4 is 0 Å². The molecule has 0 fully saturated rings. The summed E-state index contributed by atoms with van der Waals surface area (Å²) in [5, 5.41) is 23.7. The number of aromatic nitrogens is 1. The van der Waals surface area contributed by atoms with Gasteiger partial charge in [0, 0.05) is 17.5 Å². The number of halogens is 1. The molecular weight excluding hydrogens is 486 g/mol. The highest BCUT2D eigenvalue weighted by Gasteiger charge is 2.28. The van der Waals surface area contributed by atoms with Crippen LogP contribution >= 0.6 is 11.6 Å². The highest BCUT2D eigenvalue weighted by molar-refractivity contribution is 6.31. The van der Waals surface area contributed by atoms with Gasteiger partial charge in [-0.15, -0.1) is 0 Å². The molecule has 4 aromatic rings. The summed E-state index contributed by atoms with van der Waals surface area (Å²) in [7, 11) is 1.54. The van der Waals surface area contributed by atoms with Crippen molar-refractivity contribution < 1.29 is 19.7 Å². The van der Waals surface area contributed by atoms with Crippen molar-refractivity contribution in [3.05, 3.63) is 112 Å². The molecule has 0 aliphatic rings. The van der Waals surface area contributed by atoms with Gasteiger partial charge in [0.1, 0.15) is 12.4 Å². The Kier molecular flexibility index (Phi) is 9.09. The van der Waals surface area contributed by atoms with Crippen molar-refractivity contribution in [3.63, 3.8) is 0 Å². The maximum absolute atomic E-state index is 11.0. The number of ether oxygens (including phenoxy) is 2. The van der Waals surface area contributed by atoms with Gasteiger partial charge in [0.2, 0.25) is 0 Å². The number of methoxy groups -OCH3 is 1. The van der Waals surface area contributed by atoms with Crippen LogP contribution in [-0.4, -0.2) is 35.7 Å². The summed E-state index contributed by atoms with van der Waals surface area (Å²) in [6, 6.07) is 25.3. The second-order valence-corrected chi connectivity index (χ2v) is 9.76. The summed E-state index contributed by atoms with van der Waals surface area (Å²) < 4.78 is 10.3. The molecule has 0 amide bonds. The molecule has 3 aromatic carbocycles. The molecule has 0 aliphatic carbocycles. The maximum atomic E-state index is 11.0. The number of nitrogens with zero attached hydrogens (tertiary/aromatic N) is 1. The standard InChI is InChI=1S/C31H32ClNO4/c1-31(35,20-37-21-36-2)28-9-4-3-8-27(28)30(34)17-11-23-7-5-6-22(18-23)10-15-26-16-13-24-12-14-25(32)19-29(24)33-26/h3-10,12-16,18-19,30,34-35H,11,17,20-21H2,1-2H3/b15-10+/t30?,31-/m1/s1. The lowest BCUT2D eigenvalue weighted by Gasteiger charge is -2.28. The molecule has 5 nitrogen and oxygen atoms in total. The van der Waals surface area contributed by atoms with E-state index in [1.807, 2.05) is 78.9 Å². The fourth-order valence-corrected chi connectivity index (χ4v) is 4.54. The van der Waals surface area contributed by atoms with Crippen molar-refractivity contribution in [2.75, 3.05) is 20.5 Å². The third-order valence-electron chi connectivity index (χ3n) is 6.26. The van der Waals surface area contributed by atoms with Gasteiger partial charge in [0.25, 0.3) is 0 Å². The van der Waals surface area contributed by atoms with Crippen LogP contribution in [0, 0.1) is 0 Å². The lowest BCUT2D eigenvalue weighted by molar-refractivity contribution is -0.0984. The van der Waals surface area contributed by atoms with E-state index < -0.39 is 11.7 Å². The predicted octanol–water partition coefficient (Wildman–Crippen LogP) is 6.55. The summed E-state index contributed by atoms with van der Waals surface area (Å²) in [4.78, 5) is 4.68. The predicted molar refractivity (Wildman–Crippen MR) is 149 cm³/mol. The summed E-state index contributed by atoms with van der Waals surface area (Å²) in [6.07, 6.45) is 4.50. The highest BCUT2D eigenvalue weighted by atomic mass is 35.5. The van der Waals surface area contributed by atoms with Crippen LogP contribution in [-0.2, 0) is 21.5 Å². The van der Waals surface area contributed by atoms with Crippen LogP contribution in [0.4, 0.5) is 0 Å². The van der Waals surface area contributed by atoms with Gasteiger partial charge in [-0.25, -0.2) is 4.98 Å². The molecule has 0 aliphatic heterocycles. The number of aliphatic hydroxyl groups is 2. The molecule has 1 heterocycles. The Morgan fingerprint density at radius 1 is 1.00 bits per heavy atom. The number of hydrogen-bond donors (Lipinski definition) is 2. The Labute approximate surface area is 223 Å². The number of aryl methyl sites for hydroxylation is 1. The summed E-state index contributed by atoms with van der Waals surface area (Å²) in [5.41, 5.74) is 4.00. The topological polar surface area (TPSA) is 71.8 Å². The van der Waals surface area contributed by atoms with Crippen molar-refractivity contribution in [2.24, 2.45) is 0 Å². The average Bonchev–Trinajstić information content (AvgIpc) is 2.90. The van der Waals surface area contributed by atoms with E-state index in [2.05, 4.69) is 17.1 Å². The van der Waals surface area contributed by atoms with Gasteiger partial charge in [-0.05, 0) is 66.3 Å². The molecule has 192 valence electrons. The molecule has 4 rings (SSSR count). The number of hydrogen-bond acceptors (Lipinski definition) is 5. The van der Waals surface area contributed by atoms with Gasteiger partial charge >= 0.3 is 0 Å². The molecule has 0 radical (unpaired) electrons. The first-order chi connectivity index (χ1) is 17.9. The Hall–Kier alpha value is -3.06. The minimum absolute atomic E-state index is 0.0675. The smallest absolute Gasteiger partial charge is 0.146 e. The largest absolute Gasteiger partial charge is 0.388 e. The highest BCUT2D eigenvalue weighted by Crippen LogP contribution is 2.31. The molecule has 1 unspecified atom stereocenters. The lowest BCUT2D eigenvalue weighted by Crippen LogP contribution is -2.30. The lowest BCUT2D eigenvalue weighted by atomic mass is 9.88. The zero-order valence-corrected chi connectivity index (χ0v) is 21.9. The molecule has 1 aromatic heterocycles.